The van der Waals surface area contributed by atoms with Gasteiger partial charge < -0.3 is 29.7 Å². The Balaban J connectivity index is 1.59. The lowest BCUT2D eigenvalue weighted by Crippen LogP contribution is -2.38. The highest BCUT2D eigenvalue weighted by Gasteiger charge is 2.55. The van der Waals surface area contributed by atoms with Crippen molar-refractivity contribution in [3.8, 4) is 23.0 Å². The van der Waals surface area contributed by atoms with E-state index < -0.39 is 45.9 Å². The number of ether oxygens (including phenoxy) is 3. The molecular formula is C30H25NO9. The van der Waals surface area contributed by atoms with Crippen LogP contribution in [0.4, 0.5) is 0 Å². The number of benzene rings is 3. The second-order valence-electron chi connectivity index (χ2n) is 9.60. The fourth-order valence-corrected chi connectivity index (χ4v) is 5.23. The van der Waals surface area contributed by atoms with E-state index in [0.29, 0.717) is 5.56 Å². The van der Waals surface area contributed by atoms with E-state index in [9.17, 15) is 29.4 Å². The summed E-state index contributed by atoms with van der Waals surface area (Å²) in [5.74, 6) is -3.55. The van der Waals surface area contributed by atoms with Crippen molar-refractivity contribution in [2.45, 2.75) is 32.7 Å². The zero-order valence-corrected chi connectivity index (χ0v) is 22.1. The highest BCUT2D eigenvalue weighted by molar-refractivity contribution is 6.25. The number of carbonyl (C=O) groups excluding carboxylic acids is 4. The maximum Gasteiger partial charge on any atom is 0.308 e. The number of nitrogens with one attached hydrogen (secondary N) is 1. The van der Waals surface area contributed by atoms with E-state index in [2.05, 4.69) is 5.32 Å². The monoisotopic (exact) mass is 543 g/mol. The maximum atomic E-state index is 13.7. The number of aliphatic hydroxyl groups excluding tert-OH is 1. The van der Waals surface area contributed by atoms with Gasteiger partial charge in [-0.1, -0.05) is 30.3 Å². The van der Waals surface area contributed by atoms with Crippen LogP contribution in [0.15, 0.2) is 65.6 Å². The molecule has 1 heterocycles. The number of phenolic OH excluding ortho intramolecular Hbond substituents is 1. The Bertz CT molecular complexity index is 1720. The highest BCUT2D eigenvalue weighted by atomic mass is 16.5. The fourth-order valence-electron chi connectivity index (χ4n) is 5.23. The quantitative estimate of drug-likeness (QED) is 0.239. The average Bonchev–Trinajstić information content (AvgIpc) is 3.20. The van der Waals surface area contributed by atoms with Crippen molar-refractivity contribution in [2.75, 3.05) is 7.11 Å². The first kappa shape index (κ1) is 26.5. The molecule has 1 aliphatic heterocycles. The number of phenols is 1. The molecule has 40 heavy (non-hydrogen) atoms. The zero-order chi connectivity index (χ0) is 28.9. The van der Waals surface area contributed by atoms with E-state index in [-0.39, 0.29) is 40.7 Å². The Hall–Kier alpha value is -5.12. The predicted octanol–water partition coefficient (Wildman–Crippen LogP) is 3.93. The number of allylic oxidation sites excluding steroid dienone is 3. The van der Waals surface area contributed by atoms with Gasteiger partial charge in [-0.3, -0.25) is 19.2 Å². The van der Waals surface area contributed by atoms with Crippen molar-refractivity contribution in [1.82, 2.24) is 5.32 Å². The SMILES string of the molecule is COc1cc(O)c2c(c1C(=O)NCc1c(OC(C)=O)ccc3ccccc13)OC1=CC(O)=C(C(C)=O)C(=O)[C@]12C. The second-order valence-corrected chi connectivity index (χ2v) is 9.60. The minimum atomic E-state index is -1.67. The normalized spacial score (nSPS) is 17.5. The summed E-state index contributed by atoms with van der Waals surface area (Å²) in [6.45, 7) is 3.81. The van der Waals surface area contributed by atoms with E-state index in [4.69, 9.17) is 14.2 Å². The van der Waals surface area contributed by atoms with Crippen LogP contribution in [0.2, 0.25) is 0 Å². The molecule has 5 rings (SSSR count). The van der Waals surface area contributed by atoms with Crippen LogP contribution in [0.3, 0.4) is 0 Å². The molecular weight excluding hydrogens is 518 g/mol. The van der Waals surface area contributed by atoms with Gasteiger partial charge in [-0.2, -0.15) is 0 Å². The number of hydrogen-bond donors (Lipinski definition) is 3. The van der Waals surface area contributed by atoms with Gasteiger partial charge in [-0.05, 0) is 30.7 Å². The van der Waals surface area contributed by atoms with Gasteiger partial charge in [0.1, 0.15) is 45.3 Å². The molecule has 3 N–H and O–H groups in total. The third kappa shape index (κ3) is 3.96. The summed E-state index contributed by atoms with van der Waals surface area (Å²) in [4.78, 5) is 51.0. The van der Waals surface area contributed by atoms with Crippen molar-refractivity contribution in [2.24, 2.45) is 0 Å². The summed E-state index contributed by atoms with van der Waals surface area (Å²) >= 11 is 0. The third-order valence-corrected chi connectivity index (χ3v) is 7.11. The number of Topliss-reactive ketones (excluding diaryl/α,β-unsaturated/α-hetero) is 2. The number of carbonyl (C=O) groups is 4. The summed E-state index contributed by atoms with van der Waals surface area (Å²) in [5.41, 5.74) is -1.70. The van der Waals surface area contributed by atoms with E-state index in [0.717, 1.165) is 23.8 Å². The first-order valence-electron chi connectivity index (χ1n) is 12.3. The van der Waals surface area contributed by atoms with Crippen LogP contribution < -0.4 is 19.5 Å². The molecule has 1 aliphatic carbocycles. The topological polar surface area (TPSA) is 148 Å². The number of fused-ring (bicyclic) bond motifs is 4. The van der Waals surface area contributed by atoms with Crippen LogP contribution in [0, 0.1) is 0 Å². The lowest BCUT2D eigenvalue weighted by atomic mass is 9.71. The van der Waals surface area contributed by atoms with Gasteiger partial charge in [0.2, 0.25) is 0 Å². The zero-order valence-electron chi connectivity index (χ0n) is 22.1. The van der Waals surface area contributed by atoms with Crippen LogP contribution in [-0.2, 0) is 26.3 Å². The average molecular weight is 544 g/mol. The Morgan fingerprint density at radius 1 is 1.05 bits per heavy atom. The number of aliphatic hydroxyl groups is 1. The molecule has 1 amide bonds. The Morgan fingerprint density at radius 2 is 1.77 bits per heavy atom. The van der Waals surface area contributed by atoms with Gasteiger partial charge in [-0.25, -0.2) is 0 Å². The van der Waals surface area contributed by atoms with Crippen molar-refractivity contribution in [3.63, 3.8) is 0 Å². The molecule has 2 aliphatic rings. The Morgan fingerprint density at radius 3 is 2.45 bits per heavy atom. The third-order valence-electron chi connectivity index (χ3n) is 7.11. The van der Waals surface area contributed by atoms with Gasteiger partial charge in [0.25, 0.3) is 5.91 Å². The molecule has 204 valence electrons. The molecule has 0 bridgehead atoms. The molecule has 0 unspecified atom stereocenters. The molecule has 10 heteroatoms. The first-order chi connectivity index (χ1) is 19.0. The van der Waals surface area contributed by atoms with Gasteiger partial charge in [0, 0.05) is 31.2 Å². The molecule has 0 saturated heterocycles. The molecule has 0 radical (unpaired) electrons. The van der Waals surface area contributed by atoms with Crippen molar-refractivity contribution >= 4 is 34.2 Å². The standard InChI is InChI=1S/C30H25NO9/c1-14(32)24-19(34)12-23-30(3,28(24)36)26-20(35)11-22(38-4)25(27(26)40-23)29(37)31-13-18-17-8-6-5-7-16(17)9-10-21(18)39-15(2)33/h5-12,34-35H,13H2,1-4H3,(H,31,37)/t30-/m1/s1. The molecule has 0 spiro atoms. The number of esters is 1. The number of amides is 1. The van der Waals surface area contributed by atoms with E-state index in [1.165, 1.54) is 27.0 Å². The minimum Gasteiger partial charge on any atom is -0.507 e. The molecule has 3 aromatic carbocycles. The lowest BCUT2D eigenvalue weighted by Gasteiger charge is -2.27. The van der Waals surface area contributed by atoms with E-state index in [1.54, 1.807) is 12.1 Å². The summed E-state index contributed by atoms with van der Waals surface area (Å²) in [6.07, 6.45) is 1.13. The first-order valence-corrected chi connectivity index (χ1v) is 12.3. The summed E-state index contributed by atoms with van der Waals surface area (Å²) in [6, 6.07) is 12.0. The molecule has 0 saturated carbocycles. The highest BCUT2D eigenvalue weighted by Crippen LogP contribution is 2.56. The molecule has 0 aromatic heterocycles. The molecule has 1 atom stereocenters. The molecule has 0 fully saturated rings. The summed E-state index contributed by atoms with van der Waals surface area (Å²) in [5, 5.41) is 25.7. The Kier molecular flexibility index (Phi) is 6.33. The van der Waals surface area contributed by atoms with Crippen molar-refractivity contribution < 1.29 is 43.6 Å². The number of methoxy groups -OCH3 is 1. The molecule has 3 aromatic rings. The fraction of sp³-hybridized carbons (Fsp3) is 0.200. The number of ketones is 2. The van der Waals surface area contributed by atoms with Gasteiger partial charge in [0.05, 0.1) is 12.7 Å². The van der Waals surface area contributed by atoms with Crippen molar-refractivity contribution in [3.05, 3.63) is 82.3 Å². The minimum absolute atomic E-state index is 0.0355. The van der Waals surface area contributed by atoms with E-state index in [1.807, 2.05) is 24.3 Å². The number of hydrogen-bond acceptors (Lipinski definition) is 9. The number of rotatable bonds is 6. The van der Waals surface area contributed by atoms with Gasteiger partial charge in [-0.15, -0.1) is 0 Å². The number of aromatic hydroxyl groups is 1. The van der Waals surface area contributed by atoms with Crippen LogP contribution in [0.1, 0.15) is 42.3 Å². The Labute approximate surface area is 228 Å². The van der Waals surface area contributed by atoms with E-state index >= 15 is 0 Å². The maximum absolute atomic E-state index is 13.7. The largest absolute Gasteiger partial charge is 0.507 e. The van der Waals surface area contributed by atoms with Gasteiger partial charge in [0.15, 0.2) is 17.3 Å². The van der Waals surface area contributed by atoms with Crippen molar-refractivity contribution in [1.29, 1.82) is 0 Å². The summed E-state index contributed by atoms with van der Waals surface area (Å²) in [7, 11) is 1.30. The van der Waals surface area contributed by atoms with Gasteiger partial charge >= 0.3 is 5.97 Å². The second kappa shape index (κ2) is 9.57. The smallest absolute Gasteiger partial charge is 0.308 e. The predicted molar refractivity (Wildman–Crippen MR) is 142 cm³/mol. The summed E-state index contributed by atoms with van der Waals surface area (Å²) < 4.78 is 16.7. The van der Waals surface area contributed by atoms with Crippen LogP contribution >= 0.6 is 0 Å². The molecule has 10 nitrogen and oxygen atoms in total. The van der Waals surface area contributed by atoms with Crippen LogP contribution in [0.25, 0.3) is 10.8 Å². The van der Waals surface area contributed by atoms with Crippen LogP contribution in [0.5, 0.6) is 23.0 Å². The van der Waals surface area contributed by atoms with Crippen LogP contribution in [-0.4, -0.2) is 40.8 Å². The lowest BCUT2D eigenvalue weighted by molar-refractivity contribution is -0.132.